The van der Waals surface area contributed by atoms with E-state index in [9.17, 15) is 9.18 Å². The molecule has 2 aliphatic carbocycles. The molecule has 0 N–H and O–H groups in total. The van der Waals surface area contributed by atoms with Crippen LogP contribution in [0.1, 0.15) is 19.3 Å². The van der Waals surface area contributed by atoms with Gasteiger partial charge in [-0.05, 0) is 43.2 Å². The second-order valence-corrected chi connectivity index (χ2v) is 5.27. The van der Waals surface area contributed by atoms with E-state index in [-0.39, 0.29) is 17.6 Å². The molecule has 90 valence electrons. The number of para-hydroxylation sites is 1. The predicted octanol–water partition coefficient (Wildman–Crippen LogP) is 2.83. The summed E-state index contributed by atoms with van der Waals surface area (Å²) in [4.78, 5) is 13.7. The highest BCUT2D eigenvalue weighted by Gasteiger charge is 2.48. The van der Waals surface area contributed by atoms with Gasteiger partial charge in [-0.2, -0.15) is 0 Å². The SMILES string of the molecule is CN(C(=O)C1CC2CC2C1)c1ccccc1F. The zero-order valence-corrected chi connectivity index (χ0v) is 9.90. The van der Waals surface area contributed by atoms with Crippen LogP contribution in [0, 0.1) is 23.6 Å². The Morgan fingerprint density at radius 1 is 1.24 bits per heavy atom. The van der Waals surface area contributed by atoms with Crippen LogP contribution < -0.4 is 4.90 Å². The Morgan fingerprint density at radius 2 is 1.88 bits per heavy atom. The number of carbonyl (C=O) groups is 1. The second-order valence-electron chi connectivity index (χ2n) is 5.27. The first-order chi connectivity index (χ1) is 8.16. The van der Waals surface area contributed by atoms with Gasteiger partial charge in [0.05, 0.1) is 5.69 Å². The Balaban J connectivity index is 1.75. The molecule has 1 amide bonds. The molecule has 1 aromatic carbocycles. The van der Waals surface area contributed by atoms with E-state index in [1.54, 1.807) is 25.2 Å². The van der Waals surface area contributed by atoms with Crippen LogP contribution in [0.2, 0.25) is 0 Å². The number of carbonyl (C=O) groups excluding carboxylic acids is 1. The van der Waals surface area contributed by atoms with Gasteiger partial charge in [0.2, 0.25) is 5.91 Å². The number of hydrogen-bond donors (Lipinski definition) is 0. The summed E-state index contributed by atoms with van der Waals surface area (Å²) in [5.74, 6) is 1.41. The minimum atomic E-state index is -0.327. The van der Waals surface area contributed by atoms with Gasteiger partial charge >= 0.3 is 0 Å². The molecule has 0 spiro atoms. The summed E-state index contributed by atoms with van der Waals surface area (Å²) in [6.07, 6.45) is 3.30. The maximum absolute atomic E-state index is 13.6. The van der Waals surface area contributed by atoms with Gasteiger partial charge < -0.3 is 4.90 Å². The molecule has 0 aliphatic heterocycles. The zero-order valence-electron chi connectivity index (χ0n) is 9.90. The molecule has 3 heteroatoms. The van der Waals surface area contributed by atoms with E-state index >= 15 is 0 Å². The third kappa shape index (κ3) is 1.84. The van der Waals surface area contributed by atoms with Crippen LogP contribution in [0.15, 0.2) is 24.3 Å². The van der Waals surface area contributed by atoms with Crippen LogP contribution in [0.4, 0.5) is 10.1 Å². The lowest BCUT2D eigenvalue weighted by Gasteiger charge is -2.22. The molecular weight excluding hydrogens is 217 g/mol. The monoisotopic (exact) mass is 233 g/mol. The van der Waals surface area contributed by atoms with Crippen LogP contribution in [0.5, 0.6) is 0 Å². The molecule has 2 aliphatic rings. The Kier molecular flexibility index (Phi) is 2.42. The van der Waals surface area contributed by atoms with Crippen LogP contribution in [0.3, 0.4) is 0 Å². The van der Waals surface area contributed by atoms with Crippen molar-refractivity contribution in [3.8, 4) is 0 Å². The standard InChI is InChI=1S/C14H16FNO/c1-16(13-5-3-2-4-12(13)15)14(17)11-7-9-6-10(9)8-11/h2-5,9-11H,6-8H2,1H3. The number of rotatable bonds is 2. The highest BCUT2D eigenvalue weighted by atomic mass is 19.1. The molecule has 0 radical (unpaired) electrons. The molecule has 2 fully saturated rings. The van der Waals surface area contributed by atoms with Crippen molar-refractivity contribution in [2.75, 3.05) is 11.9 Å². The van der Waals surface area contributed by atoms with Crippen LogP contribution in [0.25, 0.3) is 0 Å². The fourth-order valence-electron chi connectivity index (χ4n) is 3.03. The average Bonchev–Trinajstić information content (AvgIpc) is 2.95. The molecule has 0 heterocycles. The first-order valence-electron chi connectivity index (χ1n) is 6.19. The highest BCUT2D eigenvalue weighted by molar-refractivity contribution is 5.94. The molecule has 0 bridgehead atoms. The zero-order chi connectivity index (χ0) is 12.0. The van der Waals surface area contributed by atoms with Gasteiger partial charge in [-0.1, -0.05) is 12.1 Å². The molecule has 2 saturated carbocycles. The lowest BCUT2D eigenvalue weighted by Crippen LogP contribution is -2.32. The Labute approximate surface area is 100 Å². The number of anilines is 1. The van der Waals surface area contributed by atoms with E-state index in [1.165, 1.54) is 17.4 Å². The van der Waals surface area contributed by atoms with Crippen molar-refractivity contribution in [3.63, 3.8) is 0 Å². The summed E-state index contributed by atoms with van der Waals surface area (Å²) in [6, 6.07) is 6.45. The van der Waals surface area contributed by atoms with Gasteiger partial charge in [-0.3, -0.25) is 4.79 Å². The summed E-state index contributed by atoms with van der Waals surface area (Å²) in [5.41, 5.74) is 0.387. The highest BCUT2D eigenvalue weighted by Crippen LogP contribution is 2.54. The van der Waals surface area contributed by atoms with Crippen molar-refractivity contribution in [1.29, 1.82) is 0 Å². The fourth-order valence-corrected chi connectivity index (χ4v) is 3.03. The van der Waals surface area contributed by atoms with Crippen molar-refractivity contribution in [3.05, 3.63) is 30.1 Å². The number of halogens is 1. The quantitative estimate of drug-likeness (QED) is 0.769. The lowest BCUT2D eigenvalue weighted by atomic mass is 10.0. The third-order valence-corrected chi connectivity index (χ3v) is 4.14. The van der Waals surface area contributed by atoms with E-state index in [2.05, 4.69) is 0 Å². The summed E-state index contributed by atoms with van der Waals surface area (Å²) in [7, 11) is 1.67. The number of nitrogens with zero attached hydrogens (tertiary/aromatic N) is 1. The lowest BCUT2D eigenvalue weighted by molar-refractivity contribution is -0.122. The molecule has 1 aromatic rings. The second kappa shape index (κ2) is 3.83. The molecule has 2 atom stereocenters. The first kappa shape index (κ1) is 10.8. The minimum Gasteiger partial charge on any atom is -0.313 e. The topological polar surface area (TPSA) is 20.3 Å². The average molecular weight is 233 g/mol. The Morgan fingerprint density at radius 3 is 2.53 bits per heavy atom. The van der Waals surface area contributed by atoms with E-state index in [0.29, 0.717) is 5.69 Å². The normalized spacial score (nSPS) is 29.9. The van der Waals surface area contributed by atoms with Gasteiger partial charge in [-0.25, -0.2) is 4.39 Å². The van der Waals surface area contributed by atoms with Crippen LogP contribution in [-0.2, 0) is 4.79 Å². The number of benzene rings is 1. The molecule has 3 rings (SSSR count). The summed E-state index contributed by atoms with van der Waals surface area (Å²) >= 11 is 0. The fraction of sp³-hybridized carbons (Fsp3) is 0.500. The van der Waals surface area contributed by atoms with Crippen molar-refractivity contribution in [2.45, 2.75) is 19.3 Å². The van der Waals surface area contributed by atoms with Crippen molar-refractivity contribution < 1.29 is 9.18 Å². The summed E-state index contributed by atoms with van der Waals surface area (Å²) < 4.78 is 13.6. The van der Waals surface area contributed by atoms with Gasteiger partial charge in [-0.15, -0.1) is 0 Å². The minimum absolute atomic E-state index is 0.0716. The van der Waals surface area contributed by atoms with Gasteiger partial charge in [0, 0.05) is 13.0 Å². The Bertz CT molecular complexity index is 449. The molecule has 0 aromatic heterocycles. The molecule has 17 heavy (non-hydrogen) atoms. The van der Waals surface area contributed by atoms with E-state index < -0.39 is 0 Å². The van der Waals surface area contributed by atoms with Crippen molar-refractivity contribution in [1.82, 2.24) is 0 Å². The maximum atomic E-state index is 13.6. The molecular formula is C14H16FNO. The molecule has 2 unspecified atom stereocenters. The van der Waals surface area contributed by atoms with Crippen molar-refractivity contribution >= 4 is 11.6 Å². The maximum Gasteiger partial charge on any atom is 0.229 e. The molecule has 0 saturated heterocycles. The Hall–Kier alpha value is -1.38. The van der Waals surface area contributed by atoms with E-state index in [4.69, 9.17) is 0 Å². The van der Waals surface area contributed by atoms with Gasteiger partial charge in [0.25, 0.3) is 0 Å². The number of amides is 1. The number of fused-ring (bicyclic) bond motifs is 1. The first-order valence-corrected chi connectivity index (χ1v) is 6.19. The molecule has 2 nitrogen and oxygen atoms in total. The van der Waals surface area contributed by atoms with Crippen molar-refractivity contribution in [2.24, 2.45) is 17.8 Å². The summed E-state index contributed by atoms with van der Waals surface area (Å²) in [6.45, 7) is 0. The third-order valence-electron chi connectivity index (χ3n) is 4.14. The smallest absolute Gasteiger partial charge is 0.229 e. The largest absolute Gasteiger partial charge is 0.313 e. The van der Waals surface area contributed by atoms with Gasteiger partial charge in [0.15, 0.2) is 0 Å². The van der Waals surface area contributed by atoms with E-state index in [1.807, 2.05) is 0 Å². The number of hydrogen-bond acceptors (Lipinski definition) is 1. The van der Waals surface area contributed by atoms with Crippen LogP contribution in [-0.4, -0.2) is 13.0 Å². The van der Waals surface area contributed by atoms with Gasteiger partial charge in [0.1, 0.15) is 5.82 Å². The van der Waals surface area contributed by atoms with E-state index in [0.717, 1.165) is 24.7 Å². The summed E-state index contributed by atoms with van der Waals surface area (Å²) in [5, 5.41) is 0. The van der Waals surface area contributed by atoms with Crippen LogP contribution >= 0.6 is 0 Å². The predicted molar refractivity (Wildman–Crippen MR) is 64.1 cm³/mol.